The second-order valence-electron chi connectivity index (χ2n) is 4.21. The van der Waals surface area contributed by atoms with E-state index >= 15 is 0 Å². The summed E-state index contributed by atoms with van der Waals surface area (Å²) in [7, 11) is -3.78. The van der Waals surface area contributed by atoms with Crippen molar-refractivity contribution in [1.29, 1.82) is 0 Å². The van der Waals surface area contributed by atoms with Crippen molar-refractivity contribution in [2.75, 3.05) is 16.2 Å². The molecule has 0 aliphatic carbocycles. The summed E-state index contributed by atoms with van der Waals surface area (Å²) < 4.78 is 61.3. The highest BCUT2D eigenvalue weighted by Crippen LogP contribution is 2.23. The fourth-order valence-corrected chi connectivity index (χ4v) is 2.67. The summed E-state index contributed by atoms with van der Waals surface area (Å²) in [5.41, 5.74) is 6.93. The molecule has 108 valence electrons. The summed E-state index contributed by atoms with van der Waals surface area (Å²) in [6.45, 7) is 1.66. The molecule has 1 aromatic carbocycles. The fourth-order valence-electron chi connectivity index (χ4n) is 1.48. The van der Waals surface area contributed by atoms with Crippen molar-refractivity contribution in [3.63, 3.8) is 0 Å². The Morgan fingerprint density at radius 2 is 1.95 bits per heavy atom. The van der Waals surface area contributed by atoms with Crippen molar-refractivity contribution in [3.05, 3.63) is 23.8 Å². The number of halogens is 3. The van der Waals surface area contributed by atoms with Crippen LogP contribution in [-0.4, -0.2) is 20.3 Å². The number of nitrogens with two attached hydrogens (primary N) is 1. The minimum Gasteiger partial charge on any atom is -0.399 e. The quantitative estimate of drug-likeness (QED) is 0.820. The number of benzene rings is 1. The van der Waals surface area contributed by atoms with E-state index in [9.17, 15) is 21.6 Å². The maximum atomic E-state index is 11.9. The molecule has 0 bridgehead atoms. The van der Waals surface area contributed by atoms with Gasteiger partial charge in [-0.3, -0.25) is 4.72 Å². The molecule has 4 nitrogen and oxygen atoms in total. The third-order valence-electron chi connectivity index (χ3n) is 2.39. The van der Waals surface area contributed by atoms with Crippen LogP contribution in [-0.2, 0) is 10.0 Å². The summed E-state index contributed by atoms with van der Waals surface area (Å²) in [6, 6.07) is 4.57. The summed E-state index contributed by atoms with van der Waals surface area (Å²) in [4.78, 5) is 0. The van der Waals surface area contributed by atoms with Gasteiger partial charge in [-0.05, 0) is 37.1 Å². The summed E-state index contributed by atoms with van der Waals surface area (Å²) in [5, 5.41) is 0. The lowest BCUT2D eigenvalue weighted by atomic mass is 10.2. The molecule has 0 aliphatic rings. The van der Waals surface area contributed by atoms with E-state index in [1.165, 1.54) is 12.1 Å². The summed E-state index contributed by atoms with van der Waals surface area (Å²) in [5.74, 6) is -0.573. The average molecular weight is 296 g/mol. The van der Waals surface area contributed by atoms with E-state index in [0.29, 0.717) is 16.9 Å². The van der Waals surface area contributed by atoms with Gasteiger partial charge in [0, 0.05) is 12.1 Å². The van der Waals surface area contributed by atoms with Gasteiger partial charge in [-0.15, -0.1) is 0 Å². The number of alkyl halides is 3. The smallest absolute Gasteiger partial charge is 0.389 e. The molecule has 0 saturated carbocycles. The molecule has 0 unspecified atom stereocenters. The molecule has 0 amide bonds. The molecule has 0 fully saturated rings. The van der Waals surface area contributed by atoms with E-state index < -0.39 is 34.8 Å². The van der Waals surface area contributed by atoms with Crippen molar-refractivity contribution in [1.82, 2.24) is 0 Å². The molecule has 0 spiro atoms. The van der Waals surface area contributed by atoms with E-state index in [4.69, 9.17) is 5.73 Å². The van der Waals surface area contributed by atoms with Gasteiger partial charge in [0.05, 0.1) is 11.4 Å². The first kappa shape index (κ1) is 15.6. The van der Waals surface area contributed by atoms with Gasteiger partial charge in [0.2, 0.25) is 10.0 Å². The molecule has 1 aromatic rings. The molecule has 0 aliphatic heterocycles. The number of hydrogen-bond acceptors (Lipinski definition) is 3. The number of sulfonamides is 1. The largest absolute Gasteiger partial charge is 0.399 e. The normalized spacial score (nSPS) is 12.4. The minimum absolute atomic E-state index is 0.321. The number of nitrogens with one attached hydrogen (secondary N) is 1. The second kappa shape index (κ2) is 5.68. The first-order valence-corrected chi connectivity index (χ1v) is 7.18. The Morgan fingerprint density at radius 1 is 1.32 bits per heavy atom. The first-order valence-electron chi connectivity index (χ1n) is 5.52. The third kappa shape index (κ3) is 5.82. The Hall–Kier alpha value is -1.44. The van der Waals surface area contributed by atoms with Crippen LogP contribution in [0, 0.1) is 6.92 Å². The van der Waals surface area contributed by atoms with Crippen molar-refractivity contribution < 1.29 is 21.6 Å². The highest BCUT2D eigenvalue weighted by molar-refractivity contribution is 7.92. The molecule has 8 heteroatoms. The predicted molar refractivity (Wildman–Crippen MR) is 68.3 cm³/mol. The van der Waals surface area contributed by atoms with Crippen LogP contribution in [0.15, 0.2) is 18.2 Å². The lowest BCUT2D eigenvalue weighted by molar-refractivity contribution is -0.134. The van der Waals surface area contributed by atoms with Gasteiger partial charge in [-0.1, -0.05) is 0 Å². The molecule has 19 heavy (non-hydrogen) atoms. The van der Waals surface area contributed by atoms with Gasteiger partial charge in [0.25, 0.3) is 0 Å². The molecular formula is C11H15F3N2O2S. The highest BCUT2D eigenvalue weighted by Gasteiger charge is 2.27. The second-order valence-corrected chi connectivity index (χ2v) is 6.06. The number of anilines is 2. The van der Waals surface area contributed by atoms with Crippen LogP contribution in [0.5, 0.6) is 0 Å². The molecule has 0 aromatic heterocycles. The average Bonchev–Trinajstić information content (AvgIpc) is 2.20. The van der Waals surface area contributed by atoms with Crippen LogP contribution >= 0.6 is 0 Å². The van der Waals surface area contributed by atoms with E-state index in [1.807, 2.05) is 0 Å². The van der Waals surface area contributed by atoms with Gasteiger partial charge >= 0.3 is 6.18 Å². The van der Waals surface area contributed by atoms with Crippen molar-refractivity contribution in [2.45, 2.75) is 25.9 Å². The van der Waals surface area contributed by atoms with Crippen LogP contribution in [0.2, 0.25) is 0 Å². The number of nitrogen functional groups attached to an aromatic ring is 1. The maximum absolute atomic E-state index is 11.9. The Kier molecular flexibility index (Phi) is 4.67. The molecule has 0 radical (unpaired) electrons. The van der Waals surface area contributed by atoms with Gasteiger partial charge in [0.15, 0.2) is 0 Å². The lowest BCUT2D eigenvalue weighted by Gasteiger charge is -2.11. The van der Waals surface area contributed by atoms with Crippen LogP contribution in [0.1, 0.15) is 18.4 Å². The lowest BCUT2D eigenvalue weighted by Crippen LogP contribution is -2.19. The SMILES string of the molecule is Cc1cc(N)ccc1NS(=O)(=O)CCCC(F)(F)F. The van der Waals surface area contributed by atoms with Crippen LogP contribution in [0.3, 0.4) is 0 Å². The van der Waals surface area contributed by atoms with E-state index in [0.717, 1.165) is 0 Å². The zero-order valence-electron chi connectivity index (χ0n) is 10.3. The third-order valence-corrected chi connectivity index (χ3v) is 3.75. The molecule has 1 rings (SSSR count). The molecular weight excluding hydrogens is 281 g/mol. The van der Waals surface area contributed by atoms with E-state index in [-0.39, 0.29) is 0 Å². The van der Waals surface area contributed by atoms with Crippen molar-refractivity contribution in [3.8, 4) is 0 Å². The van der Waals surface area contributed by atoms with E-state index in [2.05, 4.69) is 4.72 Å². The van der Waals surface area contributed by atoms with Crippen LogP contribution in [0.4, 0.5) is 24.5 Å². The monoisotopic (exact) mass is 296 g/mol. The number of rotatable bonds is 5. The van der Waals surface area contributed by atoms with Crippen molar-refractivity contribution in [2.24, 2.45) is 0 Å². The molecule has 0 atom stereocenters. The van der Waals surface area contributed by atoms with Crippen molar-refractivity contribution >= 4 is 21.4 Å². The Balaban J connectivity index is 2.64. The Morgan fingerprint density at radius 3 is 2.47 bits per heavy atom. The van der Waals surface area contributed by atoms with Crippen LogP contribution in [0.25, 0.3) is 0 Å². The van der Waals surface area contributed by atoms with Gasteiger partial charge in [0.1, 0.15) is 0 Å². The highest BCUT2D eigenvalue weighted by atomic mass is 32.2. The zero-order valence-corrected chi connectivity index (χ0v) is 11.1. The maximum Gasteiger partial charge on any atom is 0.389 e. The first-order chi connectivity index (χ1) is 8.59. The summed E-state index contributed by atoms with van der Waals surface area (Å²) in [6.07, 6.45) is -5.92. The summed E-state index contributed by atoms with van der Waals surface area (Å²) >= 11 is 0. The van der Waals surface area contributed by atoms with Gasteiger partial charge < -0.3 is 5.73 Å². The number of aryl methyl sites for hydroxylation is 1. The van der Waals surface area contributed by atoms with Gasteiger partial charge in [-0.2, -0.15) is 13.2 Å². The van der Waals surface area contributed by atoms with E-state index in [1.54, 1.807) is 13.0 Å². The Bertz CT molecular complexity index is 541. The fraction of sp³-hybridized carbons (Fsp3) is 0.455. The van der Waals surface area contributed by atoms with Gasteiger partial charge in [-0.25, -0.2) is 8.42 Å². The number of hydrogen-bond donors (Lipinski definition) is 2. The molecule has 0 saturated heterocycles. The predicted octanol–water partition coefficient (Wildman–Crippen LogP) is 2.66. The standard InChI is InChI=1S/C11H15F3N2O2S/c1-8-7-9(15)3-4-10(8)16-19(17,18)6-2-5-11(12,13)14/h3-4,7,16H,2,5-6,15H2,1H3. The Labute approximate surface area is 109 Å². The van der Waals surface area contributed by atoms with Crippen LogP contribution < -0.4 is 10.5 Å². The molecule has 0 heterocycles. The topological polar surface area (TPSA) is 72.2 Å². The molecule has 3 N–H and O–H groups in total. The zero-order chi connectivity index (χ0) is 14.7. The minimum atomic E-state index is -4.34.